The van der Waals surface area contributed by atoms with Crippen molar-refractivity contribution in [3.8, 4) is 0 Å². The van der Waals surface area contributed by atoms with Crippen molar-refractivity contribution in [3.63, 3.8) is 0 Å². The van der Waals surface area contributed by atoms with Gasteiger partial charge < -0.3 is 9.80 Å². The van der Waals surface area contributed by atoms with Crippen molar-refractivity contribution in [2.45, 2.75) is 25.6 Å². The van der Waals surface area contributed by atoms with Gasteiger partial charge in [-0.25, -0.2) is 0 Å². The molecule has 1 unspecified atom stereocenters. The second-order valence-corrected chi connectivity index (χ2v) is 7.36. The van der Waals surface area contributed by atoms with Gasteiger partial charge in [0, 0.05) is 34.0 Å². The number of hydrogen-bond acceptors (Lipinski definition) is 4. The summed E-state index contributed by atoms with van der Waals surface area (Å²) >= 11 is 3.36. The Bertz CT molecular complexity index is 919. The van der Waals surface area contributed by atoms with Crippen LogP contribution >= 0.6 is 15.9 Å². The third-order valence-electron chi connectivity index (χ3n) is 4.55. The van der Waals surface area contributed by atoms with E-state index in [4.69, 9.17) is 0 Å². The van der Waals surface area contributed by atoms with E-state index in [0.29, 0.717) is 11.4 Å². The summed E-state index contributed by atoms with van der Waals surface area (Å²) in [5.41, 5.74) is 1.71. The molecule has 0 radical (unpaired) electrons. The lowest BCUT2D eigenvalue weighted by Crippen LogP contribution is -2.49. The molecule has 10 heteroatoms. The van der Waals surface area contributed by atoms with Gasteiger partial charge in [0.2, 0.25) is 0 Å². The minimum atomic E-state index is -4.99. The molecule has 0 fully saturated rings. The fourth-order valence-electron chi connectivity index (χ4n) is 3.16. The summed E-state index contributed by atoms with van der Waals surface area (Å²) in [4.78, 5) is 24.7. The van der Waals surface area contributed by atoms with E-state index in [9.17, 15) is 28.1 Å². The molecule has 0 saturated carbocycles. The topological polar surface area (TPSA) is 66.7 Å². The van der Waals surface area contributed by atoms with Gasteiger partial charge in [0.05, 0.1) is 11.6 Å². The quantitative estimate of drug-likeness (QED) is 0.480. The Hall–Kier alpha value is -2.62. The first-order valence-electron chi connectivity index (χ1n) is 8.26. The summed E-state index contributed by atoms with van der Waals surface area (Å²) in [5.74, 6) is -1.92. The van der Waals surface area contributed by atoms with E-state index in [1.54, 1.807) is 30.0 Å². The smallest absolute Gasteiger partial charge is 0.323 e. The van der Waals surface area contributed by atoms with Gasteiger partial charge in [0.1, 0.15) is 0 Å². The molecule has 148 valence electrons. The van der Waals surface area contributed by atoms with Crippen molar-refractivity contribution in [2.24, 2.45) is 0 Å². The number of halogens is 4. The highest BCUT2D eigenvalue weighted by Crippen LogP contribution is 2.37. The van der Waals surface area contributed by atoms with Crippen molar-refractivity contribution < 1.29 is 22.9 Å². The van der Waals surface area contributed by atoms with Crippen molar-refractivity contribution in [1.29, 1.82) is 0 Å². The van der Waals surface area contributed by atoms with Gasteiger partial charge in [0.25, 0.3) is 5.69 Å². The van der Waals surface area contributed by atoms with Crippen LogP contribution in [0.3, 0.4) is 0 Å². The summed E-state index contributed by atoms with van der Waals surface area (Å²) in [5, 5.41) is 10.9. The Morgan fingerprint density at radius 2 is 1.86 bits per heavy atom. The van der Waals surface area contributed by atoms with Crippen molar-refractivity contribution in [2.75, 3.05) is 11.6 Å². The van der Waals surface area contributed by atoms with Crippen LogP contribution in [-0.4, -0.2) is 34.6 Å². The minimum absolute atomic E-state index is 0.135. The number of carbonyl (C=O) groups excluding carboxylic acids is 1. The number of benzene rings is 2. The molecule has 28 heavy (non-hydrogen) atoms. The molecule has 0 aromatic heterocycles. The molecule has 1 atom stereocenters. The predicted octanol–water partition coefficient (Wildman–Crippen LogP) is 4.79. The van der Waals surface area contributed by atoms with Crippen LogP contribution in [0.25, 0.3) is 0 Å². The van der Waals surface area contributed by atoms with Gasteiger partial charge >= 0.3 is 12.1 Å². The second-order valence-electron chi connectivity index (χ2n) is 6.44. The molecular formula is C18H15BrF3N3O3. The number of rotatable bonds is 2. The molecule has 0 aliphatic carbocycles. The Kier molecular flexibility index (Phi) is 5.33. The first kappa shape index (κ1) is 20.1. The summed E-state index contributed by atoms with van der Waals surface area (Å²) in [6.45, 7) is 1.23. The number of non-ortho nitro benzene ring substituents is 1. The van der Waals surface area contributed by atoms with E-state index in [1.165, 1.54) is 24.3 Å². The molecule has 3 rings (SSSR count). The Balaban J connectivity index is 2.09. The maximum atomic E-state index is 13.1. The maximum Gasteiger partial charge on any atom is 0.471 e. The van der Waals surface area contributed by atoms with Gasteiger partial charge in [-0.3, -0.25) is 14.9 Å². The molecule has 6 nitrogen and oxygen atoms in total. The third-order valence-corrected chi connectivity index (χ3v) is 5.05. The van der Waals surface area contributed by atoms with Crippen molar-refractivity contribution in [1.82, 2.24) is 4.90 Å². The van der Waals surface area contributed by atoms with Crippen LogP contribution in [0.5, 0.6) is 0 Å². The Morgan fingerprint density at radius 1 is 1.21 bits per heavy atom. The van der Waals surface area contributed by atoms with E-state index < -0.39 is 23.0 Å². The highest BCUT2D eigenvalue weighted by Gasteiger charge is 2.45. The first-order valence-corrected chi connectivity index (χ1v) is 9.05. The number of nitro benzene ring substituents is 1. The van der Waals surface area contributed by atoms with Crippen LogP contribution < -0.4 is 4.90 Å². The van der Waals surface area contributed by atoms with E-state index in [-0.39, 0.29) is 18.8 Å². The van der Waals surface area contributed by atoms with Gasteiger partial charge in [-0.1, -0.05) is 22.0 Å². The van der Waals surface area contributed by atoms with Gasteiger partial charge in [-0.15, -0.1) is 0 Å². The Morgan fingerprint density at radius 3 is 2.43 bits per heavy atom. The summed E-state index contributed by atoms with van der Waals surface area (Å²) in [7, 11) is 0. The molecular weight excluding hydrogens is 443 g/mol. The molecule has 0 bridgehead atoms. The number of hydrogen-bond donors (Lipinski definition) is 0. The van der Waals surface area contributed by atoms with E-state index in [1.807, 2.05) is 0 Å². The second kappa shape index (κ2) is 7.42. The maximum absolute atomic E-state index is 13.1. The highest BCUT2D eigenvalue weighted by atomic mass is 79.9. The largest absolute Gasteiger partial charge is 0.471 e. The molecule has 2 aromatic rings. The molecule has 1 aliphatic heterocycles. The van der Waals surface area contributed by atoms with Crippen molar-refractivity contribution >= 4 is 38.9 Å². The number of carbonyl (C=O) groups is 1. The molecule has 1 aliphatic rings. The number of anilines is 2. The predicted molar refractivity (Wildman–Crippen MR) is 100 cm³/mol. The van der Waals surface area contributed by atoms with Crippen LogP contribution in [0.4, 0.5) is 30.2 Å². The number of fused-ring (bicyclic) bond motifs is 1. The standard InChI is InChI=1S/C18H15BrF3N3O3/c1-11-8-12-2-3-13(19)9-16(12)24(10-23(11)17(26)18(20,21)22)14-4-6-15(7-5-14)25(27)28/h2-7,9,11H,8,10H2,1H3. The van der Waals surface area contributed by atoms with Gasteiger partial charge in [0.15, 0.2) is 0 Å². The lowest BCUT2D eigenvalue weighted by molar-refractivity contribution is -0.384. The zero-order valence-electron chi connectivity index (χ0n) is 14.6. The lowest BCUT2D eigenvalue weighted by atomic mass is 10.0. The fourth-order valence-corrected chi connectivity index (χ4v) is 3.51. The van der Waals surface area contributed by atoms with Gasteiger partial charge in [-0.2, -0.15) is 13.2 Å². The zero-order valence-corrected chi connectivity index (χ0v) is 16.2. The lowest BCUT2D eigenvalue weighted by Gasteiger charge is -2.33. The molecule has 1 amide bonds. The summed E-state index contributed by atoms with van der Waals surface area (Å²) in [6, 6.07) is 10.1. The molecule has 1 heterocycles. The molecule has 0 saturated heterocycles. The molecule has 2 aromatic carbocycles. The Labute approximate surface area is 166 Å². The minimum Gasteiger partial charge on any atom is -0.323 e. The summed E-state index contributed by atoms with van der Waals surface area (Å²) in [6.07, 6.45) is -4.75. The number of alkyl halides is 3. The highest BCUT2D eigenvalue weighted by molar-refractivity contribution is 9.10. The number of nitro groups is 1. The van der Waals surface area contributed by atoms with Crippen LogP contribution in [0.15, 0.2) is 46.9 Å². The van der Waals surface area contributed by atoms with Crippen LogP contribution in [-0.2, 0) is 11.2 Å². The normalized spacial score (nSPS) is 17.1. The monoisotopic (exact) mass is 457 g/mol. The first-order chi connectivity index (χ1) is 13.1. The zero-order chi connectivity index (χ0) is 20.6. The number of nitrogens with zero attached hydrogens (tertiary/aromatic N) is 3. The number of amides is 1. The average Bonchev–Trinajstić information content (AvgIpc) is 2.76. The average molecular weight is 458 g/mol. The summed E-state index contributed by atoms with van der Waals surface area (Å²) < 4.78 is 40.1. The molecule has 0 N–H and O–H groups in total. The fraction of sp³-hybridized carbons (Fsp3) is 0.278. The van der Waals surface area contributed by atoms with Crippen molar-refractivity contribution in [3.05, 3.63) is 62.6 Å². The van der Waals surface area contributed by atoms with E-state index in [2.05, 4.69) is 15.9 Å². The van der Waals surface area contributed by atoms with E-state index in [0.717, 1.165) is 14.9 Å². The van der Waals surface area contributed by atoms with Crippen LogP contribution in [0, 0.1) is 10.1 Å². The van der Waals surface area contributed by atoms with E-state index >= 15 is 0 Å². The third kappa shape index (κ3) is 3.96. The SMILES string of the molecule is CC1Cc2ccc(Br)cc2N(c2ccc([N+](=O)[O-])cc2)CN1C(=O)C(F)(F)F. The van der Waals surface area contributed by atoms with Crippen LogP contribution in [0.2, 0.25) is 0 Å². The van der Waals surface area contributed by atoms with Crippen LogP contribution in [0.1, 0.15) is 12.5 Å². The van der Waals surface area contributed by atoms with Gasteiger partial charge in [-0.05, 0) is 43.2 Å². The molecule has 0 spiro atoms.